The van der Waals surface area contributed by atoms with Gasteiger partial charge in [-0.2, -0.15) is 0 Å². The highest BCUT2D eigenvalue weighted by atomic mass is 32.2. The molecule has 0 atom stereocenters. The molecule has 2 aliphatic heterocycles. The van der Waals surface area contributed by atoms with Crippen LogP contribution in [0.3, 0.4) is 0 Å². The number of carbonyl (C=O) groups is 2. The van der Waals surface area contributed by atoms with Crippen molar-refractivity contribution in [2.75, 3.05) is 58.1 Å². The molecule has 2 rings (SSSR count). The van der Waals surface area contributed by atoms with Gasteiger partial charge in [-0.15, -0.1) is 23.5 Å². The maximum Gasteiger partial charge on any atom is 0.245 e. The molecule has 2 saturated heterocycles. The lowest BCUT2D eigenvalue weighted by molar-refractivity contribution is -0.130. The van der Waals surface area contributed by atoms with E-state index in [1.165, 1.54) is 0 Å². The molecule has 2 aliphatic rings. The van der Waals surface area contributed by atoms with Crippen LogP contribution in [0.15, 0.2) is 0 Å². The van der Waals surface area contributed by atoms with Crippen LogP contribution < -0.4 is 5.32 Å². The Bertz CT molecular complexity index is 400. The molecular formula is C16H28N2O4S2. The summed E-state index contributed by atoms with van der Waals surface area (Å²) in [4.78, 5) is 26.4. The molecule has 24 heavy (non-hydrogen) atoms. The van der Waals surface area contributed by atoms with Crippen LogP contribution in [0, 0.1) is 5.92 Å². The summed E-state index contributed by atoms with van der Waals surface area (Å²) in [7, 11) is 1.64. The molecule has 2 amide bonds. The average molecular weight is 377 g/mol. The van der Waals surface area contributed by atoms with Gasteiger partial charge in [-0.05, 0) is 18.8 Å². The van der Waals surface area contributed by atoms with Crippen LogP contribution in [0.2, 0.25) is 0 Å². The van der Waals surface area contributed by atoms with E-state index in [2.05, 4.69) is 5.32 Å². The maximum atomic E-state index is 12.5. The van der Waals surface area contributed by atoms with E-state index in [1.807, 2.05) is 4.90 Å². The molecule has 0 bridgehead atoms. The van der Waals surface area contributed by atoms with Gasteiger partial charge in [0.2, 0.25) is 11.8 Å². The van der Waals surface area contributed by atoms with E-state index in [0.29, 0.717) is 38.6 Å². The molecule has 138 valence electrons. The molecule has 8 heteroatoms. The second kappa shape index (κ2) is 11.2. The summed E-state index contributed by atoms with van der Waals surface area (Å²) < 4.78 is 10.4. The van der Waals surface area contributed by atoms with Gasteiger partial charge in [0, 0.05) is 57.9 Å². The van der Waals surface area contributed by atoms with Crippen LogP contribution in [-0.4, -0.2) is 79.4 Å². The van der Waals surface area contributed by atoms with Gasteiger partial charge >= 0.3 is 0 Å². The van der Waals surface area contributed by atoms with Crippen molar-refractivity contribution in [1.82, 2.24) is 10.2 Å². The first kappa shape index (κ1) is 19.9. The predicted octanol–water partition coefficient (Wildman–Crippen LogP) is 1.20. The molecule has 0 spiro atoms. The van der Waals surface area contributed by atoms with Crippen LogP contribution in [0.1, 0.15) is 19.3 Å². The zero-order chi connectivity index (χ0) is 17.2. The summed E-state index contributed by atoms with van der Waals surface area (Å²) in [5.74, 6) is 2.71. The molecule has 0 aromatic rings. The van der Waals surface area contributed by atoms with Crippen molar-refractivity contribution in [3.8, 4) is 0 Å². The number of ether oxygens (including phenoxy) is 2. The summed E-state index contributed by atoms with van der Waals surface area (Å²) in [5.41, 5.74) is 0. The number of thioether (sulfide) groups is 2. The van der Waals surface area contributed by atoms with Crippen molar-refractivity contribution in [3.05, 3.63) is 0 Å². The molecule has 2 fully saturated rings. The van der Waals surface area contributed by atoms with Crippen LogP contribution in [0.4, 0.5) is 0 Å². The Morgan fingerprint density at radius 1 is 1.21 bits per heavy atom. The first-order chi connectivity index (χ1) is 11.7. The van der Waals surface area contributed by atoms with Crippen LogP contribution in [-0.2, 0) is 19.1 Å². The lowest BCUT2D eigenvalue weighted by atomic mass is 9.96. The number of amides is 2. The predicted molar refractivity (Wildman–Crippen MR) is 98.3 cm³/mol. The van der Waals surface area contributed by atoms with E-state index in [0.717, 1.165) is 37.6 Å². The Morgan fingerprint density at radius 3 is 2.58 bits per heavy atom. The van der Waals surface area contributed by atoms with Gasteiger partial charge in [0.1, 0.15) is 4.58 Å². The van der Waals surface area contributed by atoms with Crippen molar-refractivity contribution >= 4 is 35.3 Å². The Morgan fingerprint density at radius 2 is 1.92 bits per heavy atom. The van der Waals surface area contributed by atoms with Crippen molar-refractivity contribution < 1.29 is 19.1 Å². The van der Waals surface area contributed by atoms with Crippen molar-refractivity contribution in [3.63, 3.8) is 0 Å². The van der Waals surface area contributed by atoms with Crippen molar-refractivity contribution in [2.24, 2.45) is 5.92 Å². The quantitative estimate of drug-likeness (QED) is 0.652. The molecule has 1 N–H and O–H groups in total. The number of rotatable bonds is 9. The second-order valence-electron chi connectivity index (χ2n) is 6.00. The highest BCUT2D eigenvalue weighted by Crippen LogP contribution is 2.33. The van der Waals surface area contributed by atoms with Crippen LogP contribution >= 0.6 is 23.5 Å². The highest BCUT2D eigenvalue weighted by Gasteiger charge is 2.28. The number of hydrogen-bond acceptors (Lipinski definition) is 6. The lowest BCUT2D eigenvalue weighted by Gasteiger charge is -2.25. The molecule has 2 heterocycles. The fourth-order valence-electron chi connectivity index (χ4n) is 2.80. The summed E-state index contributed by atoms with van der Waals surface area (Å²) in [6.07, 6.45) is 2.48. The summed E-state index contributed by atoms with van der Waals surface area (Å²) in [6.45, 7) is 3.65. The molecule has 0 unspecified atom stereocenters. The first-order valence-corrected chi connectivity index (χ1v) is 10.7. The first-order valence-electron chi connectivity index (χ1n) is 8.56. The number of nitrogens with one attached hydrogen (secondary N) is 1. The minimum atomic E-state index is -0.000188. The van der Waals surface area contributed by atoms with Crippen molar-refractivity contribution in [2.45, 2.75) is 23.8 Å². The maximum absolute atomic E-state index is 12.5. The Hall–Kier alpha value is -0.440. The third kappa shape index (κ3) is 6.82. The largest absolute Gasteiger partial charge is 0.383 e. The minimum absolute atomic E-state index is 0.000188. The van der Waals surface area contributed by atoms with E-state index in [-0.39, 0.29) is 16.4 Å². The van der Waals surface area contributed by atoms with E-state index < -0.39 is 0 Å². The highest BCUT2D eigenvalue weighted by molar-refractivity contribution is 8.21. The number of nitrogens with zero attached hydrogens (tertiary/aromatic N) is 1. The fourth-order valence-corrected chi connectivity index (χ4v) is 5.54. The van der Waals surface area contributed by atoms with Gasteiger partial charge in [0.05, 0.1) is 6.61 Å². The molecule has 6 nitrogen and oxygen atoms in total. The third-order valence-corrected chi connectivity index (χ3v) is 7.18. The van der Waals surface area contributed by atoms with Gasteiger partial charge in [-0.3, -0.25) is 9.59 Å². The Labute approximate surface area is 152 Å². The standard InChI is InChI=1S/C16H28N2O4S2/c1-21-9-6-18(15(20)16-23-10-11-24-16)5-4-17-14(19)12-13-2-7-22-8-3-13/h13,16H,2-12H2,1H3,(H,17,19). The van der Waals surface area contributed by atoms with Gasteiger partial charge in [0.15, 0.2) is 0 Å². The molecule has 0 aliphatic carbocycles. The summed E-state index contributed by atoms with van der Waals surface area (Å²) in [5, 5.41) is 2.95. The fraction of sp³-hybridized carbons (Fsp3) is 0.875. The zero-order valence-electron chi connectivity index (χ0n) is 14.3. The van der Waals surface area contributed by atoms with Gasteiger partial charge in [-0.25, -0.2) is 0 Å². The lowest BCUT2D eigenvalue weighted by Crippen LogP contribution is -2.43. The SMILES string of the molecule is COCCN(CCNC(=O)CC1CCOCC1)C(=O)C1SCCS1. The Balaban J connectivity index is 1.70. The normalized spacial score (nSPS) is 19.4. The Kier molecular flexibility index (Phi) is 9.30. The van der Waals surface area contributed by atoms with Crippen LogP contribution in [0.5, 0.6) is 0 Å². The molecule has 0 saturated carbocycles. The molecule has 0 aromatic carbocycles. The van der Waals surface area contributed by atoms with Gasteiger partial charge < -0.3 is 19.7 Å². The van der Waals surface area contributed by atoms with E-state index in [4.69, 9.17) is 9.47 Å². The monoisotopic (exact) mass is 376 g/mol. The van der Waals surface area contributed by atoms with Gasteiger partial charge in [-0.1, -0.05) is 0 Å². The summed E-state index contributed by atoms with van der Waals surface area (Å²) >= 11 is 3.41. The molecule has 0 radical (unpaired) electrons. The minimum Gasteiger partial charge on any atom is -0.383 e. The van der Waals surface area contributed by atoms with E-state index in [9.17, 15) is 9.59 Å². The van der Waals surface area contributed by atoms with E-state index >= 15 is 0 Å². The second-order valence-corrected chi connectivity index (χ2v) is 8.73. The topological polar surface area (TPSA) is 67.9 Å². The van der Waals surface area contributed by atoms with Crippen molar-refractivity contribution in [1.29, 1.82) is 0 Å². The molecular weight excluding hydrogens is 348 g/mol. The summed E-state index contributed by atoms with van der Waals surface area (Å²) in [6, 6.07) is 0. The van der Waals surface area contributed by atoms with Crippen LogP contribution in [0.25, 0.3) is 0 Å². The van der Waals surface area contributed by atoms with Gasteiger partial charge in [0.25, 0.3) is 0 Å². The van der Waals surface area contributed by atoms with E-state index in [1.54, 1.807) is 30.6 Å². The smallest absolute Gasteiger partial charge is 0.245 e. The zero-order valence-corrected chi connectivity index (χ0v) is 16.0. The third-order valence-electron chi connectivity index (χ3n) is 4.22. The molecule has 0 aromatic heterocycles. The average Bonchev–Trinajstić information content (AvgIpc) is 3.13. The number of hydrogen-bond donors (Lipinski definition) is 1. The number of carbonyl (C=O) groups excluding carboxylic acids is 2. The number of methoxy groups -OCH3 is 1.